The summed E-state index contributed by atoms with van der Waals surface area (Å²) in [5.41, 5.74) is -0.819. The average molecular weight is 242 g/mol. The van der Waals surface area contributed by atoms with Crippen molar-refractivity contribution in [1.82, 2.24) is 0 Å². The van der Waals surface area contributed by atoms with E-state index in [1.54, 1.807) is 0 Å². The number of ether oxygens (including phenoxy) is 1. The molecule has 3 nitrogen and oxygen atoms in total. The van der Waals surface area contributed by atoms with Crippen LogP contribution in [0.4, 0.5) is 0 Å². The van der Waals surface area contributed by atoms with Gasteiger partial charge in [-0.05, 0) is 37.5 Å². The molecule has 100 valence electrons. The van der Waals surface area contributed by atoms with Gasteiger partial charge in [-0.1, -0.05) is 20.3 Å². The molecule has 2 atom stereocenters. The molecule has 17 heavy (non-hydrogen) atoms. The molecule has 0 aromatic heterocycles. The Morgan fingerprint density at radius 1 is 1.06 bits per heavy atom. The molecule has 2 unspecified atom stereocenters. The Labute approximate surface area is 104 Å². The van der Waals surface area contributed by atoms with Gasteiger partial charge in [0.15, 0.2) is 0 Å². The van der Waals surface area contributed by atoms with Crippen LogP contribution >= 0.6 is 0 Å². The number of rotatable bonds is 2. The zero-order valence-electron chi connectivity index (χ0n) is 11.2. The van der Waals surface area contributed by atoms with Gasteiger partial charge in [0.05, 0.1) is 18.8 Å². The van der Waals surface area contributed by atoms with Crippen LogP contribution in [0.1, 0.15) is 52.4 Å². The monoisotopic (exact) mass is 242 g/mol. The minimum atomic E-state index is -0.730. The van der Waals surface area contributed by atoms with Gasteiger partial charge in [-0.2, -0.15) is 0 Å². The zero-order valence-corrected chi connectivity index (χ0v) is 11.2. The van der Waals surface area contributed by atoms with Crippen LogP contribution < -0.4 is 0 Å². The Morgan fingerprint density at radius 3 is 2.41 bits per heavy atom. The second-order valence-corrected chi connectivity index (χ2v) is 6.79. The first-order valence-corrected chi connectivity index (χ1v) is 6.84. The van der Waals surface area contributed by atoms with Crippen LogP contribution in [0, 0.1) is 10.8 Å². The third-order valence-electron chi connectivity index (χ3n) is 5.05. The number of aliphatic hydroxyl groups is 2. The van der Waals surface area contributed by atoms with Crippen LogP contribution in [0.3, 0.4) is 0 Å². The van der Waals surface area contributed by atoms with Crippen LogP contribution in [-0.4, -0.2) is 35.6 Å². The van der Waals surface area contributed by atoms with E-state index in [1.165, 1.54) is 0 Å². The van der Waals surface area contributed by atoms with Crippen molar-refractivity contribution in [3.63, 3.8) is 0 Å². The quantitative estimate of drug-likeness (QED) is 0.729. The van der Waals surface area contributed by atoms with Crippen molar-refractivity contribution < 1.29 is 14.9 Å². The molecule has 0 amide bonds. The Kier molecular flexibility index (Phi) is 3.54. The highest BCUT2D eigenvalue weighted by Gasteiger charge is 2.52. The van der Waals surface area contributed by atoms with E-state index in [1.807, 2.05) is 0 Å². The molecule has 2 rings (SSSR count). The van der Waals surface area contributed by atoms with Crippen molar-refractivity contribution >= 4 is 0 Å². The third kappa shape index (κ3) is 2.38. The number of hydrogen-bond donors (Lipinski definition) is 2. The van der Waals surface area contributed by atoms with Crippen molar-refractivity contribution in [2.75, 3.05) is 19.8 Å². The van der Waals surface area contributed by atoms with Crippen molar-refractivity contribution in [2.24, 2.45) is 10.8 Å². The first kappa shape index (κ1) is 13.3. The largest absolute Gasteiger partial charge is 0.396 e. The molecule has 0 aromatic carbocycles. The maximum atomic E-state index is 11.0. The predicted molar refractivity (Wildman–Crippen MR) is 66.8 cm³/mol. The summed E-state index contributed by atoms with van der Waals surface area (Å²) in [4.78, 5) is 0. The Morgan fingerprint density at radius 2 is 1.82 bits per heavy atom. The van der Waals surface area contributed by atoms with E-state index in [0.717, 1.165) is 38.5 Å². The van der Waals surface area contributed by atoms with Crippen LogP contribution in [0.15, 0.2) is 0 Å². The third-order valence-corrected chi connectivity index (χ3v) is 5.05. The molecule has 1 heterocycles. The van der Waals surface area contributed by atoms with Crippen molar-refractivity contribution in [1.29, 1.82) is 0 Å². The minimum absolute atomic E-state index is 0.0456. The van der Waals surface area contributed by atoms with Gasteiger partial charge in [0, 0.05) is 12.0 Å². The van der Waals surface area contributed by atoms with E-state index in [9.17, 15) is 10.2 Å². The molecule has 1 saturated carbocycles. The first-order valence-electron chi connectivity index (χ1n) is 6.84. The standard InChI is InChI=1S/C14H26O3/c1-12(2)4-3-5-14(16,7-6-12)13(10-15)8-9-17-11-13/h15-16H,3-11H2,1-2H3. The molecular weight excluding hydrogens is 216 g/mol. The fourth-order valence-corrected chi connectivity index (χ4v) is 3.43. The topological polar surface area (TPSA) is 49.7 Å². The van der Waals surface area contributed by atoms with Gasteiger partial charge >= 0.3 is 0 Å². The van der Waals surface area contributed by atoms with Crippen LogP contribution in [0.2, 0.25) is 0 Å². The Bertz CT molecular complexity index is 269. The van der Waals surface area contributed by atoms with Gasteiger partial charge in [0.2, 0.25) is 0 Å². The summed E-state index contributed by atoms with van der Waals surface area (Å²) in [5.74, 6) is 0. The van der Waals surface area contributed by atoms with E-state index in [0.29, 0.717) is 18.6 Å². The van der Waals surface area contributed by atoms with Crippen molar-refractivity contribution in [2.45, 2.75) is 58.0 Å². The average Bonchev–Trinajstić information content (AvgIpc) is 2.71. The molecule has 0 bridgehead atoms. The highest BCUT2D eigenvalue weighted by molar-refractivity contribution is 5.02. The minimum Gasteiger partial charge on any atom is -0.396 e. The predicted octanol–water partition coefficient (Wildman–Crippen LogP) is 2.11. The van der Waals surface area contributed by atoms with Crippen molar-refractivity contribution in [3.05, 3.63) is 0 Å². The molecule has 3 heteroatoms. The summed E-state index contributed by atoms with van der Waals surface area (Å²) >= 11 is 0. The molecule has 0 radical (unpaired) electrons. The number of hydrogen-bond acceptors (Lipinski definition) is 3. The molecule has 1 aliphatic heterocycles. The van der Waals surface area contributed by atoms with E-state index in [2.05, 4.69) is 13.8 Å². The molecule has 1 saturated heterocycles. The summed E-state index contributed by atoms with van der Waals surface area (Å²) in [5, 5.41) is 20.7. The second kappa shape index (κ2) is 4.52. The summed E-state index contributed by atoms with van der Waals surface area (Å²) in [6, 6.07) is 0. The van der Waals surface area contributed by atoms with E-state index < -0.39 is 11.0 Å². The molecule has 0 aromatic rings. The molecule has 1 aliphatic carbocycles. The molecule has 2 N–H and O–H groups in total. The van der Waals surface area contributed by atoms with E-state index >= 15 is 0 Å². The van der Waals surface area contributed by atoms with Crippen molar-refractivity contribution in [3.8, 4) is 0 Å². The first-order chi connectivity index (χ1) is 7.93. The fraction of sp³-hybridized carbons (Fsp3) is 1.00. The van der Waals surface area contributed by atoms with Crippen LogP contribution in [-0.2, 0) is 4.74 Å². The SMILES string of the molecule is CC1(C)CCCC(O)(C2(CO)CCOC2)CC1. The van der Waals surface area contributed by atoms with E-state index in [4.69, 9.17) is 4.74 Å². The smallest absolute Gasteiger partial charge is 0.0748 e. The lowest BCUT2D eigenvalue weighted by molar-refractivity contribution is -0.120. The highest BCUT2D eigenvalue weighted by atomic mass is 16.5. The highest BCUT2D eigenvalue weighted by Crippen LogP contribution is 2.49. The van der Waals surface area contributed by atoms with Gasteiger partial charge in [0.1, 0.15) is 0 Å². The fourth-order valence-electron chi connectivity index (χ4n) is 3.43. The maximum absolute atomic E-state index is 11.0. The van der Waals surface area contributed by atoms with Gasteiger partial charge in [-0.3, -0.25) is 0 Å². The van der Waals surface area contributed by atoms with Crippen LogP contribution in [0.25, 0.3) is 0 Å². The van der Waals surface area contributed by atoms with Crippen LogP contribution in [0.5, 0.6) is 0 Å². The lowest BCUT2D eigenvalue weighted by atomic mass is 9.67. The number of aliphatic hydroxyl groups excluding tert-OH is 1. The van der Waals surface area contributed by atoms with Gasteiger partial charge in [0.25, 0.3) is 0 Å². The maximum Gasteiger partial charge on any atom is 0.0748 e. The normalized spacial score (nSPS) is 42.4. The Balaban J connectivity index is 2.17. The summed E-state index contributed by atoms with van der Waals surface area (Å²) < 4.78 is 5.44. The zero-order chi connectivity index (χ0) is 12.6. The molecule has 0 spiro atoms. The molecular formula is C14H26O3. The Hall–Kier alpha value is -0.120. The van der Waals surface area contributed by atoms with Gasteiger partial charge in [-0.15, -0.1) is 0 Å². The summed E-state index contributed by atoms with van der Waals surface area (Å²) in [6.07, 6.45) is 5.64. The lowest BCUT2D eigenvalue weighted by Gasteiger charge is -2.43. The summed E-state index contributed by atoms with van der Waals surface area (Å²) in [7, 11) is 0. The van der Waals surface area contributed by atoms with E-state index in [-0.39, 0.29) is 6.61 Å². The molecule has 2 aliphatic rings. The van der Waals surface area contributed by atoms with Gasteiger partial charge < -0.3 is 14.9 Å². The molecule has 2 fully saturated rings. The van der Waals surface area contributed by atoms with Gasteiger partial charge in [-0.25, -0.2) is 0 Å². The lowest BCUT2D eigenvalue weighted by Crippen LogP contribution is -2.51. The second-order valence-electron chi connectivity index (χ2n) is 6.79. The summed E-state index contributed by atoms with van der Waals surface area (Å²) in [6.45, 7) is 5.78.